The Morgan fingerprint density at radius 3 is 2.59 bits per heavy atom. The predicted molar refractivity (Wildman–Crippen MR) is 119 cm³/mol. The molecule has 0 N–H and O–H groups in total. The summed E-state index contributed by atoms with van der Waals surface area (Å²) in [6.45, 7) is 4.52. The zero-order valence-corrected chi connectivity index (χ0v) is 17.1. The molecule has 3 heteroatoms. The summed E-state index contributed by atoms with van der Waals surface area (Å²) in [5, 5.41) is 2.61. The minimum atomic E-state index is -0.629. The molecule has 0 amide bonds. The molecule has 1 atom stereocenters. The molecule has 0 saturated heterocycles. The zero-order chi connectivity index (χ0) is 19.8. The normalized spacial score (nSPS) is 23.8. The second-order valence-corrected chi connectivity index (χ2v) is 8.85. The summed E-state index contributed by atoms with van der Waals surface area (Å²) in [5.74, 6) is 0.951. The van der Waals surface area contributed by atoms with Gasteiger partial charge in [0.05, 0.1) is 17.3 Å². The number of hydrogen-bond acceptors (Lipinski definition) is 3. The SMILES string of the molecule is CN1c2ccccc2C(C)(C)C12C=NC1=C(O2)c2ccc3ccccc3c2CC1. The highest BCUT2D eigenvalue weighted by molar-refractivity contribution is 5.93. The van der Waals surface area contributed by atoms with Gasteiger partial charge in [-0.05, 0) is 54.7 Å². The third-order valence-electron chi connectivity index (χ3n) is 7.14. The van der Waals surface area contributed by atoms with Gasteiger partial charge in [0.1, 0.15) is 0 Å². The Hall–Kier alpha value is -3.07. The molecule has 1 spiro atoms. The molecule has 6 rings (SSSR count). The number of rotatable bonds is 0. The van der Waals surface area contributed by atoms with E-state index in [4.69, 9.17) is 9.73 Å². The molecule has 0 aromatic heterocycles. The highest BCUT2D eigenvalue weighted by Crippen LogP contribution is 2.54. The van der Waals surface area contributed by atoms with E-state index < -0.39 is 5.72 Å². The van der Waals surface area contributed by atoms with Crippen molar-refractivity contribution in [3.05, 3.63) is 83.1 Å². The largest absolute Gasteiger partial charge is 0.459 e. The fourth-order valence-electron chi connectivity index (χ4n) is 5.44. The maximum Gasteiger partial charge on any atom is 0.228 e. The van der Waals surface area contributed by atoms with E-state index in [1.165, 1.54) is 33.2 Å². The van der Waals surface area contributed by atoms with Gasteiger partial charge < -0.3 is 9.64 Å². The fraction of sp³-hybridized carbons (Fsp3) is 0.269. The van der Waals surface area contributed by atoms with Gasteiger partial charge in [-0.1, -0.05) is 54.6 Å². The van der Waals surface area contributed by atoms with Crippen LogP contribution in [0.3, 0.4) is 0 Å². The number of fused-ring (bicyclic) bond motifs is 5. The lowest BCUT2D eigenvalue weighted by molar-refractivity contribution is 0.0516. The van der Waals surface area contributed by atoms with E-state index in [0.717, 1.165) is 24.3 Å². The molecule has 144 valence electrons. The molecule has 1 aliphatic carbocycles. The number of benzene rings is 3. The van der Waals surface area contributed by atoms with Crippen LogP contribution in [-0.2, 0) is 16.6 Å². The smallest absolute Gasteiger partial charge is 0.228 e. The van der Waals surface area contributed by atoms with Crippen LogP contribution >= 0.6 is 0 Å². The topological polar surface area (TPSA) is 24.8 Å². The maximum atomic E-state index is 6.98. The fourth-order valence-corrected chi connectivity index (χ4v) is 5.44. The van der Waals surface area contributed by atoms with Gasteiger partial charge in [0.15, 0.2) is 5.76 Å². The van der Waals surface area contributed by atoms with Crippen molar-refractivity contribution >= 4 is 28.4 Å². The maximum absolute atomic E-state index is 6.98. The van der Waals surface area contributed by atoms with E-state index in [1.54, 1.807) is 0 Å². The first-order valence-electron chi connectivity index (χ1n) is 10.3. The lowest BCUT2D eigenvalue weighted by Crippen LogP contribution is -2.58. The zero-order valence-electron chi connectivity index (χ0n) is 17.1. The van der Waals surface area contributed by atoms with E-state index in [0.29, 0.717) is 0 Å². The van der Waals surface area contributed by atoms with Crippen molar-refractivity contribution in [2.24, 2.45) is 4.99 Å². The van der Waals surface area contributed by atoms with Crippen LogP contribution in [0.15, 0.2) is 71.4 Å². The van der Waals surface area contributed by atoms with E-state index in [2.05, 4.69) is 86.5 Å². The summed E-state index contributed by atoms with van der Waals surface area (Å²) >= 11 is 0. The predicted octanol–water partition coefficient (Wildman–Crippen LogP) is 5.68. The highest BCUT2D eigenvalue weighted by atomic mass is 16.5. The third-order valence-corrected chi connectivity index (χ3v) is 7.14. The number of anilines is 1. The third kappa shape index (κ3) is 2.00. The Balaban J connectivity index is 1.53. The van der Waals surface area contributed by atoms with Crippen LogP contribution in [0.4, 0.5) is 5.69 Å². The van der Waals surface area contributed by atoms with Crippen LogP contribution in [0.5, 0.6) is 0 Å². The second kappa shape index (κ2) is 5.50. The van der Waals surface area contributed by atoms with Crippen molar-refractivity contribution in [2.45, 2.75) is 37.8 Å². The van der Waals surface area contributed by atoms with Crippen LogP contribution in [0, 0.1) is 0 Å². The monoisotopic (exact) mass is 380 g/mol. The summed E-state index contributed by atoms with van der Waals surface area (Å²) in [6, 6.07) is 21.7. The Bertz CT molecular complexity index is 1240. The van der Waals surface area contributed by atoms with Crippen molar-refractivity contribution in [1.82, 2.24) is 0 Å². The summed E-state index contributed by atoms with van der Waals surface area (Å²) in [4.78, 5) is 7.24. The summed E-state index contributed by atoms with van der Waals surface area (Å²) in [7, 11) is 2.12. The standard InChI is InChI=1S/C26H24N2O/c1-25(2)21-10-6-7-11-23(21)28(3)26(25)16-27-22-15-14-19-18-9-5-4-8-17(18)12-13-20(19)24(22)29-26/h4-13,16H,14-15H2,1-3H3. The van der Waals surface area contributed by atoms with Crippen molar-refractivity contribution < 1.29 is 4.74 Å². The first-order chi connectivity index (χ1) is 14.0. The lowest BCUT2D eigenvalue weighted by Gasteiger charge is -2.46. The molecule has 3 aromatic carbocycles. The van der Waals surface area contributed by atoms with Crippen LogP contribution < -0.4 is 4.90 Å². The molecule has 29 heavy (non-hydrogen) atoms. The van der Waals surface area contributed by atoms with Crippen LogP contribution in [-0.4, -0.2) is 19.0 Å². The molecule has 0 radical (unpaired) electrons. The molecule has 3 aliphatic rings. The van der Waals surface area contributed by atoms with Gasteiger partial charge in [-0.3, -0.25) is 4.99 Å². The molecule has 2 heterocycles. The number of likely N-dealkylation sites (N-methyl/N-ethyl adjacent to an activating group) is 1. The van der Waals surface area contributed by atoms with Gasteiger partial charge in [-0.25, -0.2) is 0 Å². The number of aryl methyl sites for hydroxylation is 1. The van der Waals surface area contributed by atoms with E-state index in [1.807, 2.05) is 6.21 Å². The molecular formula is C26H24N2O. The van der Waals surface area contributed by atoms with E-state index >= 15 is 0 Å². The van der Waals surface area contributed by atoms with Crippen molar-refractivity contribution in [2.75, 3.05) is 11.9 Å². The van der Waals surface area contributed by atoms with Crippen LogP contribution in [0.25, 0.3) is 16.5 Å². The first-order valence-corrected chi connectivity index (χ1v) is 10.3. The quantitative estimate of drug-likeness (QED) is 0.501. The van der Waals surface area contributed by atoms with Gasteiger partial charge in [0, 0.05) is 18.3 Å². The van der Waals surface area contributed by atoms with Crippen molar-refractivity contribution in [1.29, 1.82) is 0 Å². The number of hydrogen-bond donors (Lipinski definition) is 0. The van der Waals surface area contributed by atoms with Gasteiger partial charge in [0.25, 0.3) is 0 Å². The molecule has 1 unspecified atom stereocenters. The van der Waals surface area contributed by atoms with E-state index in [9.17, 15) is 0 Å². The molecule has 2 aliphatic heterocycles. The molecule has 3 aromatic rings. The van der Waals surface area contributed by atoms with E-state index in [-0.39, 0.29) is 5.41 Å². The van der Waals surface area contributed by atoms with Gasteiger partial charge >= 0.3 is 0 Å². The number of aliphatic imine (C=N–C) groups is 1. The van der Waals surface area contributed by atoms with Crippen LogP contribution in [0.2, 0.25) is 0 Å². The number of para-hydroxylation sites is 1. The summed E-state index contributed by atoms with van der Waals surface area (Å²) < 4.78 is 6.98. The average Bonchev–Trinajstić information content (AvgIpc) is 2.92. The van der Waals surface area contributed by atoms with Crippen molar-refractivity contribution in [3.8, 4) is 0 Å². The number of ether oxygens (including phenoxy) is 1. The number of nitrogens with zero attached hydrogens (tertiary/aromatic N) is 2. The minimum absolute atomic E-state index is 0.227. The van der Waals surface area contributed by atoms with Gasteiger partial charge in [0.2, 0.25) is 5.72 Å². The molecular weight excluding hydrogens is 356 g/mol. The number of allylic oxidation sites excluding steroid dienone is 1. The molecule has 0 bridgehead atoms. The Kier molecular flexibility index (Phi) is 3.20. The first kappa shape index (κ1) is 16.8. The van der Waals surface area contributed by atoms with Crippen molar-refractivity contribution in [3.63, 3.8) is 0 Å². The Labute approximate surface area is 171 Å². The molecule has 0 saturated carbocycles. The molecule has 0 fully saturated rings. The van der Waals surface area contributed by atoms with Gasteiger partial charge in [-0.15, -0.1) is 0 Å². The van der Waals surface area contributed by atoms with Gasteiger partial charge in [-0.2, -0.15) is 0 Å². The minimum Gasteiger partial charge on any atom is -0.459 e. The van der Waals surface area contributed by atoms with Crippen LogP contribution in [0.1, 0.15) is 37.0 Å². The second-order valence-electron chi connectivity index (χ2n) is 8.85. The lowest BCUT2D eigenvalue weighted by atomic mass is 9.77. The highest BCUT2D eigenvalue weighted by Gasteiger charge is 2.59. The Morgan fingerprint density at radius 2 is 1.72 bits per heavy atom. The average molecular weight is 380 g/mol. The molecule has 3 nitrogen and oxygen atoms in total. The summed E-state index contributed by atoms with van der Waals surface area (Å²) in [5.41, 5.74) is 5.30. The summed E-state index contributed by atoms with van der Waals surface area (Å²) in [6.07, 6.45) is 3.96. The Morgan fingerprint density at radius 1 is 0.931 bits per heavy atom.